The van der Waals surface area contributed by atoms with Crippen molar-refractivity contribution in [1.29, 1.82) is 0 Å². The van der Waals surface area contributed by atoms with Crippen LogP contribution in [-0.4, -0.2) is 29.0 Å². The van der Waals surface area contributed by atoms with Crippen LogP contribution in [0.4, 0.5) is 0 Å². The maximum atomic E-state index is 12.1. The molecule has 8 heteroatoms. The van der Waals surface area contributed by atoms with Crippen LogP contribution in [0.15, 0.2) is 40.5 Å². The highest BCUT2D eigenvalue weighted by Crippen LogP contribution is 2.13. The molecule has 0 aliphatic carbocycles. The molecule has 3 aromatic rings. The Hall–Kier alpha value is -3.00. The molecule has 0 amide bonds. The van der Waals surface area contributed by atoms with Gasteiger partial charge in [0.1, 0.15) is 12.4 Å². The maximum Gasteiger partial charge on any atom is 0.337 e. The molecule has 0 fully saturated rings. The monoisotopic (exact) mass is 358 g/mol. The molecule has 1 N–H and O–H groups in total. The number of rotatable bonds is 5. The fourth-order valence-electron chi connectivity index (χ4n) is 2.26. The summed E-state index contributed by atoms with van der Waals surface area (Å²) in [7, 11) is 1.27. The number of ether oxygens (including phenoxy) is 2. The number of benzene rings is 1. The number of aromatic nitrogens is 2. The Morgan fingerprint density at radius 2 is 2.12 bits per heavy atom. The molecule has 3 rings (SSSR count). The summed E-state index contributed by atoms with van der Waals surface area (Å²) in [6.07, 6.45) is 0.169. The van der Waals surface area contributed by atoms with Crippen molar-refractivity contribution in [1.82, 2.24) is 9.97 Å². The Bertz CT molecular complexity index is 978. The van der Waals surface area contributed by atoms with E-state index in [2.05, 4.69) is 14.7 Å². The minimum absolute atomic E-state index is 0.155. The Labute approximate surface area is 146 Å². The lowest BCUT2D eigenvalue weighted by Crippen LogP contribution is -2.15. The van der Waals surface area contributed by atoms with E-state index in [4.69, 9.17) is 4.74 Å². The van der Waals surface area contributed by atoms with Crippen LogP contribution in [0, 0.1) is 0 Å². The number of nitrogens with one attached hydrogen (secondary N) is 1. The summed E-state index contributed by atoms with van der Waals surface area (Å²) in [5.74, 6) is -0.722. The zero-order chi connectivity index (χ0) is 17.8. The van der Waals surface area contributed by atoms with Gasteiger partial charge in [0, 0.05) is 4.88 Å². The number of fused-ring (bicyclic) bond motifs is 1. The molecule has 1 aromatic carbocycles. The third kappa shape index (κ3) is 3.92. The van der Waals surface area contributed by atoms with Crippen LogP contribution >= 0.6 is 11.3 Å². The van der Waals surface area contributed by atoms with E-state index in [1.165, 1.54) is 36.6 Å². The van der Waals surface area contributed by atoms with Crippen molar-refractivity contribution in [3.8, 4) is 0 Å². The summed E-state index contributed by atoms with van der Waals surface area (Å²) in [6.45, 7) is -0.155. The summed E-state index contributed by atoms with van der Waals surface area (Å²) in [6, 6.07) is 8.16. The van der Waals surface area contributed by atoms with Crippen molar-refractivity contribution in [3.05, 3.63) is 62.3 Å². The van der Waals surface area contributed by atoms with Gasteiger partial charge in [-0.2, -0.15) is 0 Å². The number of hydrogen-bond donors (Lipinski definition) is 1. The van der Waals surface area contributed by atoms with Crippen molar-refractivity contribution in [3.63, 3.8) is 0 Å². The first kappa shape index (κ1) is 16.8. The fourth-order valence-corrected chi connectivity index (χ4v) is 2.95. The normalized spacial score (nSPS) is 10.6. The van der Waals surface area contributed by atoms with Gasteiger partial charge in [0.15, 0.2) is 0 Å². The molecule has 0 radical (unpaired) electrons. The molecule has 0 aliphatic rings. The molecule has 0 bridgehead atoms. The topological polar surface area (TPSA) is 98.4 Å². The average molecular weight is 358 g/mol. The van der Waals surface area contributed by atoms with Crippen molar-refractivity contribution in [2.24, 2.45) is 0 Å². The van der Waals surface area contributed by atoms with E-state index in [0.717, 1.165) is 4.88 Å². The highest BCUT2D eigenvalue weighted by atomic mass is 32.1. The van der Waals surface area contributed by atoms with Gasteiger partial charge in [-0.15, -0.1) is 11.3 Å². The van der Waals surface area contributed by atoms with Gasteiger partial charge in [-0.3, -0.25) is 9.59 Å². The van der Waals surface area contributed by atoms with E-state index in [-0.39, 0.29) is 30.0 Å². The molecule has 2 aromatic heterocycles. The quantitative estimate of drug-likeness (QED) is 0.701. The van der Waals surface area contributed by atoms with Crippen LogP contribution in [-0.2, 0) is 27.3 Å². The van der Waals surface area contributed by atoms with Gasteiger partial charge in [0.25, 0.3) is 5.56 Å². The van der Waals surface area contributed by atoms with E-state index in [1.807, 2.05) is 17.5 Å². The van der Waals surface area contributed by atoms with Gasteiger partial charge in [0.05, 0.1) is 30.0 Å². The fraction of sp³-hybridized carbons (Fsp3) is 0.176. The Kier molecular flexibility index (Phi) is 4.90. The summed E-state index contributed by atoms with van der Waals surface area (Å²) < 4.78 is 9.80. The first-order chi connectivity index (χ1) is 12.1. The number of hydrogen-bond acceptors (Lipinski definition) is 7. The minimum atomic E-state index is -0.520. The van der Waals surface area contributed by atoms with Crippen LogP contribution in [0.25, 0.3) is 10.9 Å². The summed E-state index contributed by atoms with van der Waals surface area (Å²) in [5.41, 5.74) is 0.246. The number of aromatic amines is 1. The van der Waals surface area contributed by atoms with Gasteiger partial charge in [0.2, 0.25) is 0 Å². The largest absolute Gasteiger partial charge is 0.465 e. The third-order valence-electron chi connectivity index (χ3n) is 3.45. The van der Waals surface area contributed by atoms with Crippen LogP contribution in [0.3, 0.4) is 0 Å². The van der Waals surface area contributed by atoms with E-state index >= 15 is 0 Å². The Balaban J connectivity index is 1.78. The van der Waals surface area contributed by atoms with Crippen LogP contribution in [0.2, 0.25) is 0 Å². The predicted octanol–water partition coefficient (Wildman–Crippen LogP) is 2.06. The second-order valence-electron chi connectivity index (χ2n) is 5.15. The highest BCUT2D eigenvalue weighted by molar-refractivity contribution is 7.10. The molecular formula is C17H14N2O5S. The van der Waals surface area contributed by atoms with Gasteiger partial charge in [-0.25, -0.2) is 9.78 Å². The van der Waals surface area contributed by atoms with E-state index < -0.39 is 11.9 Å². The lowest BCUT2D eigenvalue weighted by Gasteiger charge is -2.06. The predicted molar refractivity (Wildman–Crippen MR) is 91.5 cm³/mol. The minimum Gasteiger partial charge on any atom is -0.465 e. The second kappa shape index (κ2) is 7.27. The van der Waals surface area contributed by atoms with Crippen molar-refractivity contribution >= 4 is 34.2 Å². The van der Waals surface area contributed by atoms with Gasteiger partial charge in [-0.1, -0.05) is 6.07 Å². The number of methoxy groups -OCH3 is 1. The van der Waals surface area contributed by atoms with Gasteiger partial charge >= 0.3 is 11.9 Å². The number of nitrogens with zero attached hydrogens (tertiary/aromatic N) is 1. The molecule has 0 atom stereocenters. The maximum absolute atomic E-state index is 12.1. The first-order valence-corrected chi connectivity index (χ1v) is 8.24. The molecular weight excluding hydrogens is 344 g/mol. The number of thiophene rings is 1. The zero-order valence-electron chi connectivity index (χ0n) is 13.3. The van der Waals surface area contributed by atoms with E-state index in [1.54, 1.807) is 0 Å². The Morgan fingerprint density at radius 3 is 2.84 bits per heavy atom. The highest BCUT2D eigenvalue weighted by Gasteiger charge is 2.11. The molecule has 7 nitrogen and oxygen atoms in total. The van der Waals surface area contributed by atoms with E-state index in [9.17, 15) is 14.4 Å². The van der Waals surface area contributed by atoms with Crippen LogP contribution < -0.4 is 5.56 Å². The molecule has 128 valence electrons. The van der Waals surface area contributed by atoms with Crippen LogP contribution in [0.1, 0.15) is 21.1 Å². The number of carbonyl (C=O) groups is 2. The molecule has 0 saturated carbocycles. The lowest BCUT2D eigenvalue weighted by molar-refractivity contribution is -0.144. The first-order valence-electron chi connectivity index (χ1n) is 7.36. The number of esters is 2. The van der Waals surface area contributed by atoms with Gasteiger partial charge in [-0.05, 0) is 29.6 Å². The lowest BCUT2D eigenvalue weighted by atomic mass is 10.1. The second-order valence-corrected chi connectivity index (χ2v) is 6.19. The van der Waals surface area contributed by atoms with E-state index in [0.29, 0.717) is 10.9 Å². The summed E-state index contributed by atoms with van der Waals surface area (Å²) in [4.78, 5) is 43.2. The number of carbonyl (C=O) groups excluding carboxylic acids is 2. The SMILES string of the molecule is COC(=O)c1ccc2c(=O)[nH]c(COC(=O)Cc3cccs3)nc2c1. The van der Waals surface area contributed by atoms with Crippen LogP contribution in [0.5, 0.6) is 0 Å². The average Bonchev–Trinajstić information content (AvgIpc) is 3.11. The third-order valence-corrected chi connectivity index (χ3v) is 4.32. The van der Waals surface area contributed by atoms with Crippen molar-refractivity contribution < 1.29 is 19.1 Å². The smallest absolute Gasteiger partial charge is 0.337 e. The molecule has 0 spiro atoms. The molecule has 0 saturated heterocycles. The van der Waals surface area contributed by atoms with Gasteiger partial charge < -0.3 is 14.5 Å². The summed E-state index contributed by atoms with van der Waals surface area (Å²) >= 11 is 1.47. The standard InChI is InChI=1S/C17H14N2O5S/c1-23-17(22)10-4-5-12-13(7-10)18-14(19-16(12)21)9-24-15(20)8-11-3-2-6-25-11/h2-7H,8-9H2,1H3,(H,18,19,21). The summed E-state index contributed by atoms with van der Waals surface area (Å²) in [5, 5.41) is 2.21. The van der Waals surface area contributed by atoms with Crippen molar-refractivity contribution in [2.45, 2.75) is 13.0 Å². The molecule has 25 heavy (non-hydrogen) atoms. The number of H-pyrrole nitrogens is 1. The molecule has 0 unspecified atom stereocenters. The van der Waals surface area contributed by atoms with Crippen molar-refractivity contribution in [2.75, 3.05) is 7.11 Å². The zero-order valence-corrected chi connectivity index (χ0v) is 14.1. The Morgan fingerprint density at radius 1 is 1.28 bits per heavy atom. The molecule has 0 aliphatic heterocycles. The molecule has 2 heterocycles.